The number of nitrogens with two attached hydrogens (primary N) is 1. The lowest BCUT2D eigenvalue weighted by atomic mass is 10.0. The summed E-state index contributed by atoms with van der Waals surface area (Å²) in [5.41, 5.74) is 5.89. The van der Waals surface area contributed by atoms with Gasteiger partial charge in [-0.1, -0.05) is 6.92 Å². The predicted octanol–water partition coefficient (Wildman–Crippen LogP) is 4.05. The van der Waals surface area contributed by atoms with Crippen LogP contribution in [0.5, 0.6) is 5.75 Å². The van der Waals surface area contributed by atoms with Crippen LogP contribution in [0.15, 0.2) is 30.5 Å². The summed E-state index contributed by atoms with van der Waals surface area (Å²) in [6.07, 6.45) is -2.93. The van der Waals surface area contributed by atoms with Gasteiger partial charge in [-0.3, -0.25) is 0 Å². The summed E-state index contributed by atoms with van der Waals surface area (Å²) in [6, 6.07) is 5.23. The van der Waals surface area contributed by atoms with E-state index in [1.165, 1.54) is 18.2 Å². The summed E-state index contributed by atoms with van der Waals surface area (Å²) in [5, 5.41) is 0. The fourth-order valence-corrected chi connectivity index (χ4v) is 2.37. The molecule has 4 nitrogen and oxygen atoms in total. The number of alkyl halides is 3. The zero-order valence-corrected chi connectivity index (χ0v) is 13.8. The number of aromatic nitrogens is 2. The minimum atomic E-state index is -4.66. The summed E-state index contributed by atoms with van der Waals surface area (Å²) in [5.74, 6) is -1.76. The molecule has 2 aromatic rings. The van der Waals surface area contributed by atoms with Crippen molar-refractivity contribution >= 4 is 0 Å². The molecule has 25 heavy (non-hydrogen) atoms. The van der Waals surface area contributed by atoms with Crippen LogP contribution in [0, 0.1) is 11.7 Å². The van der Waals surface area contributed by atoms with Crippen molar-refractivity contribution in [3.63, 3.8) is 0 Å². The quantitative estimate of drug-likeness (QED) is 0.792. The number of ether oxygens (including phenoxy) is 1. The molecule has 0 bridgehead atoms. The minimum absolute atomic E-state index is 0.0156. The molecule has 0 saturated carbocycles. The van der Waals surface area contributed by atoms with E-state index in [1.54, 1.807) is 0 Å². The number of halogens is 4. The Morgan fingerprint density at radius 2 is 1.92 bits per heavy atom. The number of hydrogen-bond donors (Lipinski definition) is 1. The number of rotatable bonds is 6. The number of hydrogen-bond acceptors (Lipinski definition) is 4. The van der Waals surface area contributed by atoms with Crippen molar-refractivity contribution in [2.45, 2.75) is 32.5 Å². The van der Waals surface area contributed by atoms with E-state index in [4.69, 9.17) is 10.5 Å². The molecule has 1 aromatic heterocycles. The van der Waals surface area contributed by atoms with Gasteiger partial charge in [-0.25, -0.2) is 14.4 Å². The molecule has 0 aliphatic rings. The SMILES string of the molecule is CC(N)CC(C)COc1ccc(-c2ccnc(C(F)(F)F)n2)cc1F. The first-order valence-corrected chi connectivity index (χ1v) is 7.75. The molecule has 0 aliphatic carbocycles. The number of benzene rings is 1. The molecule has 1 aromatic carbocycles. The van der Waals surface area contributed by atoms with Crippen molar-refractivity contribution < 1.29 is 22.3 Å². The molecule has 136 valence electrons. The molecule has 2 unspecified atom stereocenters. The lowest BCUT2D eigenvalue weighted by molar-refractivity contribution is -0.144. The van der Waals surface area contributed by atoms with E-state index in [2.05, 4.69) is 9.97 Å². The van der Waals surface area contributed by atoms with Gasteiger partial charge in [0.15, 0.2) is 11.6 Å². The molecule has 8 heteroatoms. The standard InChI is InChI=1S/C17H19F4N3O/c1-10(7-11(2)22)9-25-15-4-3-12(8-13(15)18)14-5-6-23-16(24-14)17(19,20)21/h3-6,8,10-11H,7,9,22H2,1-2H3. The Morgan fingerprint density at radius 1 is 1.20 bits per heavy atom. The third-order valence-corrected chi connectivity index (χ3v) is 3.43. The van der Waals surface area contributed by atoms with Gasteiger partial charge in [-0.05, 0) is 43.5 Å². The Bertz CT molecular complexity index is 719. The van der Waals surface area contributed by atoms with Crippen molar-refractivity contribution in [2.24, 2.45) is 11.7 Å². The molecule has 0 amide bonds. The third-order valence-electron chi connectivity index (χ3n) is 3.43. The van der Waals surface area contributed by atoms with Crippen LogP contribution in [0.3, 0.4) is 0 Å². The van der Waals surface area contributed by atoms with E-state index in [0.717, 1.165) is 18.7 Å². The highest BCUT2D eigenvalue weighted by molar-refractivity contribution is 5.60. The Kier molecular flexibility index (Phi) is 5.94. The normalized spacial score (nSPS) is 14.2. The molecule has 0 spiro atoms. The first-order valence-electron chi connectivity index (χ1n) is 7.75. The van der Waals surface area contributed by atoms with Gasteiger partial charge in [0, 0.05) is 17.8 Å². The van der Waals surface area contributed by atoms with E-state index in [-0.39, 0.29) is 29.0 Å². The summed E-state index contributed by atoms with van der Waals surface area (Å²) in [4.78, 5) is 6.62. The Labute approximate surface area is 143 Å². The highest BCUT2D eigenvalue weighted by atomic mass is 19.4. The summed E-state index contributed by atoms with van der Waals surface area (Å²) >= 11 is 0. The maximum Gasteiger partial charge on any atom is 0.451 e. The molecule has 0 saturated heterocycles. The van der Waals surface area contributed by atoms with Gasteiger partial charge in [-0.15, -0.1) is 0 Å². The first-order chi connectivity index (χ1) is 11.7. The fraction of sp³-hybridized carbons (Fsp3) is 0.412. The van der Waals surface area contributed by atoms with Crippen LogP contribution >= 0.6 is 0 Å². The second kappa shape index (κ2) is 7.77. The van der Waals surface area contributed by atoms with Crippen LogP contribution in [-0.4, -0.2) is 22.6 Å². The van der Waals surface area contributed by atoms with Gasteiger partial charge in [0.25, 0.3) is 0 Å². The molecule has 2 rings (SSSR count). The van der Waals surface area contributed by atoms with E-state index in [0.29, 0.717) is 6.61 Å². The largest absolute Gasteiger partial charge is 0.490 e. The van der Waals surface area contributed by atoms with Crippen molar-refractivity contribution in [1.29, 1.82) is 0 Å². The lowest BCUT2D eigenvalue weighted by Crippen LogP contribution is -2.21. The topological polar surface area (TPSA) is 61.0 Å². The maximum absolute atomic E-state index is 14.2. The third kappa shape index (κ3) is 5.38. The van der Waals surface area contributed by atoms with Crippen molar-refractivity contribution in [3.05, 3.63) is 42.1 Å². The smallest absolute Gasteiger partial charge is 0.451 e. The second-order valence-electron chi connectivity index (χ2n) is 6.04. The molecular formula is C17H19F4N3O. The lowest BCUT2D eigenvalue weighted by Gasteiger charge is -2.15. The predicted molar refractivity (Wildman–Crippen MR) is 85.4 cm³/mol. The zero-order chi connectivity index (χ0) is 18.6. The number of nitrogens with zero attached hydrogens (tertiary/aromatic N) is 2. The summed E-state index contributed by atoms with van der Waals surface area (Å²) in [6.45, 7) is 4.11. The fourth-order valence-electron chi connectivity index (χ4n) is 2.37. The van der Waals surface area contributed by atoms with Crippen molar-refractivity contribution in [2.75, 3.05) is 6.61 Å². The summed E-state index contributed by atoms with van der Waals surface area (Å²) in [7, 11) is 0. The molecule has 2 N–H and O–H groups in total. The van der Waals surface area contributed by atoms with E-state index in [9.17, 15) is 17.6 Å². The average Bonchev–Trinajstić information content (AvgIpc) is 2.52. The minimum Gasteiger partial charge on any atom is -0.490 e. The Hall–Kier alpha value is -2.22. The molecule has 0 radical (unpaired) electrons. The molecule has 0 aliphatic heterocycles. The van der Waals surface area contributed by atoms with Gasteiger partial charge in [0.2, 0.25) is 5.82 Å². The van der Waals surface area contributed by atoms with Crippen LogP contribution < -0.4 is 10.5 Å². The van der Waals surface area contributed by atoms with Crippen molar-refractivity contribution in [3.8, 4) is 17.0 Å². The molecular weight excluding hydrogens is 338 g/mol. The van der Waals surface area contributed by atoms with E-state index >= 15 is 0 Å². The van der Waals surface area contributed by atoms with E-state index < -0.39 is 17.8 Å². The van der Waals surface area contributed by atoms with Crippen LogP contribution in [0.1, 0.15) is 26.1 Å². The highest BCUT2D eigenvalue weighted by Gasteiger charge is 2.34. The monoisotopic (exact) mass is 357 g/mol. The van der Waals surface area contributed by atoms with E-state index in [1.807, 2.05) is 13.8 Å². The van der Waals surface area contributed by atoms with Gasteiger partial charge < -0.3 is 10.5 Å². The Balaban J connectivity index is 2.14. The molecule has 1 heterocycles. The van der Waals surface area contributed by atoms with Crippen LogP contribution in [0.4, 0.5) is 17.6 Å². The summed E-state index contributed by atoms with van der Waals surface area (Å²) < 4.78 is 57.6. The Morgan fingerprint density at radius 3 is 2.52 bits per heavy atom. The van der Waals surface area contributed by atoms with Crippen LogP contribution in [0.2, 0.25) is 0 Å². The van der Waals surface area contributed by atoms with Gasteiger partial charge in [0.05, 0.1) is 12.3 Å². The zero-order valence-electron chi connectivity index (χ0n) is 13.8. The average molecular weight is 357 g/mol. The highest BCUT2D eigenvalue weighted by Crippen LogP contribution is 2.29. The first kappa shape index (κ1) is 19.1. The van der Waals surface area contributed by atoms with Gasteiger partial charge in [0.1, 0.15) is 0 Å². The second-order valence-corrected chi connectivity index (χ2v) is 6.04. The molecule has 2 atom stereocenters. The van der Waals surface area contributed by atoms with Crippen LogP contribution in [0.25, 0.3) is 11.3 Å². The van der Waals surface area contributed by atoms with Crippen molar-refractivity contribution in [1.82, 2.24) is 9.97 Å². The van der Waals surface area contributed by atoms with Gasteiger partial charge in [-0.2, -0.15) is 13.2 Å². The van der Waals surface area contributed by atoms with Crippen LogP contribution in [-0.2, 0) is 6.18 Å². The maximum atomic E-state index is 14.2. The molecule has 0 fully saturated rings. The van der Waals surface area contributed by atoms with Gasteiger partial charge >= 0.3 is 6.18 Å².